The van der Waals surface area contributed by atoms with Gasteiger partial charge in [-0.3, -0.25) is 0 Å². The van der Waals surface area contributed by atoms with Crippen molar-refractivity contribution in [2.45, 2.75) is 6.61 Å². The van der Waals surface area contributed by atoms with Gasteiger partial charge >= 0.3 is 0 Å². The Morgan fingerprint density at radius 1 is 1.42 bits per heavy atom. The number of rotatable bonds is 4. The number of hydrogen-bond donors (Lipinski definition) is 0. The lowest BCUT2D eigenvalue weighted by Gasteiger charge is -2.05. The van der Waals surface area contributed by atoms with Crippen molar-refractivity contribution in [2.24, 2.45) is 5.16 Å². The lowest BCUT2D eigenvalue weighted by atomic mass is 10.2. The Bertz CT molecular complexity index is 260. The van der Waals surface area contributed by atoms with Crippen LogP contribution in [0.1, 0.15) is 5.56 Å². The molecule has 0 unspecified atom stereocenters. The molecule has 0 amide bonds. The van der Waals surface area contributed by atoms with E-state index in [1.54, 1.807) is 7.11 Å². The summed E-state index contributed by atoms with van der Waals surface area (Å²) in [6.07, 6.45) is 0. The molecular weight excluding hydrogens is 154 g/mol. The molecule has 0 aliphatic carbocycles. The zero-order chi connectivity index (χ0) is 8.81. The molecule has 63 valence electrons. The minimum atomic E-state index is 0.334. The van der Waals surface area contributed by atoms with Crippen LogP contribution < -0.4 is 4.74 Å². The number of nitrogens with zero attached hydrogens (tertiary/aromatic N) is 1. The molecule has 0 saturated heterocycles. The molecule has 0 fully saturated rings. The van der Waals surface area contributed by atoms with Gasteiger partial charge in [-0.15, -0.1) is 0 Å². The van der Waals surface area contributed by atoms with Crippen molar-refractivity contribution < 1.29 is 9.57 Å². The third-order valence-corrected chi connectivity index (χ3v) is 1.49. The second kappa shape index (κ2) is 4.38. The Kier molecular flexibility index (Phi) is 3.14. The Morgan fingerprint density at radius 2 is 2.17 bits per heavy atom. The summed E-state index contributed by atoms with van der Waals surface area (Å²) in [5.41, 5.74) is 0.925. The van der Waals surface area contributed by atoms with Crippen LogP contribution in [0.3, 0.4) is 0 Å². The average molecular weight is 164 g/mol. The molecule has 0 saturated carbocycles. The normalized spacial score (nSPS) is 9.08. The van der Waals surface area contributed by atoms with Gasteiger partial charge in [0, 0.05) is 5.56 Å². The largest absolute Gasteiger partial charge is 0.496 e. The highest BCUT2D eigenvalue weighted by molar-refractivity contribution is 5.32. The van der Waals surface area contributed by atoms with Crippen LogP contribution in [-0.4, -0.2) is 13.8 Å². The lowest BCUT2D eigenvalue weighted by Crippen LogP contribution is -1.92. The second-order valence-electron chi connectivity index (χ2n) is 2.19. The number of para-hydroxylation sites is 1. The summed E-state index contributed by atoms with van der Waals surface area (Å²) < 4.78 is 5.08. The van der Waals surface area contributed by atoms with Crippen LogP contribution in [0.15, 0.2) is 29.4 Å². The van der Waals surface area contributed by atoms with E-state index in [0.29, 0.717) is 6.61 Å². The van der Waals surface area contributed by atoms with Gasteiger partial charge in [-0.05, 0) is 6.07 Å². The summed E-state index contributed by atoms with van der Waals surface area (Å²) >= 11 is 0. The SMILES string of the molecule is [CH]=NOCc1ccccc1OC. The van der Waals surface area contributed by atoms with Gasteiger partial charge in [0.1, 0.15) is 12.4 Å². The standard InChI is InChI=1S/C9H10NO2/c1-10-12-7-8-5-3-4-6-9(8)11-2/h1,3-6H,7H2,2H3. The molecule has 0 heterocycles. The predicted molar refractivity (Wildman–Crippen MR) is 46.3 cm³/mol. The predicted octanol–water partition coefficient (Wildman–Crippen LogP) is 1.70. The first-order chi connectivity index (χ1) is 5.88. The van der Waals surface area contributed by atoms with Crippen molar-refractivity contribution in [3.63, 3.8) is 0 Å². The van der Waals surface area contributed by atoms with Crippen molar-refractivity contribution in [1.29, 1.82) is 0 Å². The molecule has 3 heteroatoms. The first-order valence-electron chi connectivity index (χ1n) is 3.52. The summed E-state index contributed by atoms with van der Waals surface area (Å²) in [6.45, 7) is 5.16. The van der Waals surface area contributed by atoms with E-state index in [-0.39, 0.29) is 0 Å². The molecule has 1 aromatic carbocycles. The second-order valence-corrected chi connectivity index (χ2v) is 2.19. The molecule has 0 aliphatic heterocycles. The summed E-state index contributed by atoms with van der Waals surface area (Å²) in [6, 6.07) is 7.54. The van der Waals surface area contributed by atoms with Gasteiger partial charge in [0.15, 0.2) is 0 Å². The summed E-state index contributed by atoms with van der Waals surface area (Å²) in [4.78, 5) is 4.68. The number of methoxy groups -OCH3 is 1. The Hall–Kier alpha value is -1.51. The van der Waals surface area contributed by atoms with E-state index in [4.69, 9.17) is 11.5 Å². The minimum Gasteiger partial charge on any atom is -0.496 e. The monoisotopic (exact) mass is 164 g/mol. The van der Waals surface area contributed by atoms with E-state index in [1.165, 1.54) is 0 Å². The Labute approximate surface area is 71.6 Å². The van der Waals surface area contributed by atoms with E-state index in [1.807, 2.05) is 24.3 Å². The first kappa shape index (κ1) is 8.59. The van der Waals surface area contributed by atoms with Crippen LogP contribution >= 0.6 is 0 Å². The summed E-state index contributed by atoms with van der Waals surface area (Å²) in [5, 5.41) is 3.05. The van der Waals surface area contributed by atoms with Crippen molar-refractivity contribution in [2.75, 3.05) is 7.11 Å². The Balaban J connectivity index is 2.74. The third-order valence-electron chi connectivity index (χ3n) is 1.49. The lowest BCUT2D eigenvalue weighted by molar-refractivity contribution is 0.131. The van der Waals surface area contributed by atoms with Gasteiger partial charge in [-0.25, -0.2) is 0 Å². The minimum absolute atomic E-state index is 0.334. The fraction of sp³-hybridized carbons (Fsp3) is 0.222. The van der Waals surface area contributed by atoms with Crippen LogP contribution in [0.4, 0.5) is 0 Å². The maximum Gasteiger partial charge on any atom is 0.145 e. The van der Waals surface area contributed by atoms with Crippen LogP contribution in [0.5, 0.6) is 5.75 Å². The van der Waals surface area contributed by atoms with Gasteiger partial charge in [0.25, 0.3) is 0 Å². The molecule has 3 nitrogen and oxygen atoms in total. The van der Waals surface area contributed by atoms with Gasteiger partial charge in [-0.1, -0.05) is 23.4 Å². The quantitative estimate of drug-likeness (QED) is 0.501. The zero-order valence-corrected chi connectivity index (χ0v) is 6.86. The van der Waals surface area contributed by atoms with Crippen LogP contribution in [-0.2, 0) is 11.4 Å². The molecule has 12 heavy (non-hydrogen) atoms. The zero-order valence-electron chi connectivity index (χ0n) is 6.86. The average Bonchev–Trinajstić information content (AvgIpc) is 2.15. The van der Waals surface area contributed by atoms with Gasteiger partial charge < -0.3 is 9.57 Å². The van der Waals surface area contributed by atoms with Gasteiger partial charge in [0.05, 0.1) is 13.8 Å². The van der Waals surface area contributed by atoms with E-state index in [0.717, 1.165) is 11.3 Å². The summed E-state index contributed by atoms with van der Waals surface area (Å²) in [5.74, 6) is 0.779. The van der Waals surface area contributed by atoms with Crippen molar-refractivity contribution >= 4 is 6.72 Å². The molecular formula is C9H10NO2. The Morgan fingerprint density at radius 3 is 2.83 bits per heavy atom. The maximum atomic E-state index is 5.08. The third kappa shape index (κ3) is 1.99. The van der Waals surface area contributed by atoms with Gasteiger partial charge in [0.2, 0.25) is 0 Å². The number of ether oxygens (including phenoxy) is 1. The van der Waals surface area contributed by atoms with E-state index < -0.39 is 0 Å². The molecule has 0 N–H and O–H groups in total. The van der Waals surface area contributed by atoms with Gasteiger partial charge in [-0.2, -0.15) is 0 Å². The summed E-state index contributed by atoms with van der Waals surface area (Å²) in [7, 11) is 1.61. The molecule has 0 aromatic heterocycles. The number of hydrogen-bond acceptors (Lipinski definition) is 3. The van der Waals surface area contributed by atoms with E-state index >= 15 is 0 Å². The molecule has 0 aliphatic rings. The molecule has 0 atom stereocenters. The van der Waals surface area contributed by atoms with Crippen molar-refractivity contribution in [1.82, 2.24) is 0 Å². The smallest absolute Gasteiger partial charge is 0.145 e. The van der Waals surface area contributed by atoms with Crippen LogP contribution in [0.25, 0.3) is 0 Å². The van der Waals surface area contributed by atoms with E-state index in [2.05, 4.69) is 9.99 Å². The topological polar surface area (TPSA) is 30.8 Å². The van der Waals surface area contributed by atoms with Crippen LogP contribution in [0, 0.1) is 0 Å². The molecule has 0 spiro atoms. The number of benzene rings is 1. The molecule has 1 aromatic rings. The highest BCUT2D eigenvalue weighted by atomic mass is 16.6. The fourth-order valence-electron chi connectivity index (χ4n) is 0.929. The molecule has 1 rings (SSSR count). The van der Waals surface area contributed by atoms with Crippen molar-refractivity contribution in [3.8, 4) is 5.75 Å². The maximum absolute atomic E-state index is 5.08. The molecule has 0 bridgehead atoms. The van der Waals surface area contributed by atoms with Crippen molar-refractivity contribution in [3.05, 3.63) is 29.8 Å². The fourth-order valence-corrected chi connectivity index (χ4v) is 0.929. The highest BCUT2D eigenvalue weighted by Gasteiger charge is 2.00. The molecule has 1 radical (unpaired) electrons. The highest BCUT2D eigenvalue weighted by Crippen LogP contribution is 2.17. The first-order valence-corrected chi connectivity index (χ1v) is 3.52. The van der Waals surface area contributed by atoms with Crippen LogP contribution in [0.2, 0.25) is 0 Å². The van der Waals surface area contributed by atoms with E-state index in [9.17, 15) is 0 Å².